The van der Waals surface area contributed by atoms with Crippen molar-refractivity contribution in [3.05, 3.63) is 48.6 Å². The van der Waals surface area contributed by atoms with Crippen molar-refractivity contribution in [1.82, 2.24) is 0 Å². The highest BCUT2D eigenvalue weighted by Gasteiger charge is 2.19. The SMILES string of the molecule is CCCCC/C=C\C/C=C\CCCCCCCCCCCC(=O)OC[C@H](COC(=O)CCCCCCCCCCCCC)OC(=O)CCCCCCCCC/C=C\C/C=C\CCCCC. The molecule has 0 aliphatic rings. The van der Waals surface area contributed by atoms with Gasteiger partial charge in [0.1, 0.15) is 13.2 Å². The van der Waals surface area contributed by atoms with Crippen LogP contribution in [0.1, 0.15) is 290 Å². The fourth-order valence-corrected chi connectivity index (χ4v) is 8.03. The molecule has 0 amide bonds. The third-order valence-electron chi connectivity index (χ3n) is 12.3. The van der Waals surface area contributed by atoms with E-state index in [9.17, 15) is 14.4 Å². The average Bonchev–Trinajstić information content (AvgIpc) is 3.30. The van der Waals surface area contributed by atoms with Gasteiger partial charge in [-0.3, -0.25) is 14.4 Å². The number of allylic oxidation sites excluding steroid dienone is 8. The molecular weight excluding hydrogens is 805 g/mol. The highest BCUT2D eigenvalue weighted by atomic mass is 16.6. The Kier molecular flexibility index (Phi) is 51.8. The van der Waals surface area contributed by atoms with E-state index < -0.39 is 6.10 Å². The Morgan fingerprint density at radius 1 is 0.308 bits per heavy atom. The molecule has 0 N–H and O–H groups in total. The zero-order chi connectivity index (χ0) is 47.2. The van der Waals surface area contributed by atoms with Gasteiger partial charge in [0, 0.05) is 19.3 Å². The maximum atomic E-state index is 12.8. The molecule has 378 valence electrons. The highest BCUT2D eigenvalue weighted by Crippen LogP contribution is 2.16. The van der Waals surface area contributed by atoms with E-state index in [1.165, 1.54) is 173 Å². The van der Waals surface area contributed by atoms with Crippen LogP contribution >= 0.6 is 0 Å². The molecule has 0 aliphatic heterocycles. The molecule has 0 aromatic heterocycles. The van der Waals surface area contributed by atoms with Crippen molar-refractivity contribution < 1.29 is 28.6 Å². The van der Waals surface area contributed by atoms with Crippen LogP contribution < -0.4 is 0 Å². The number of esters is 3. The van der Waals surface area contributed by atoms with Crippen molar-refractivity contribution >= 4 is 17.9 Å². The highest BCUT2D eigenvalue weighted by molar-refractivity contribution is 5.71. The maximum Gasteiger partial charge on any atom is 0.306 e. The molecule has 0 saturated heterocycles. The molecule has 0 unspecified atom stereocenters. The van der Waals surface area contributed by atoms with Crippen molar-refractivity contribution in [3.8, 4) is 0 Å². The van der Waals surface area contributed by atoms with Crippen LogP contribution in [-0.4, -0.2) is 37.2 Å². The number of carbonyl (C=O) groups excluding carboxylic acids is 3. The summed E-state index contributed by atoms with van der Waals surface area (Å²) in [4.78, 5) is 38.1. The second kappa shape index (κ2) is 54.0. The molecule has 0 aromatic carbocycles. The van der Waals surface area contributed by atoms with E-state index in [0.717, 1.165) is 77.0 Å². The minimum atomic E-state index is -0.776. The maximum absolute atomic E-state index is 12.8. The lowest BCUT2D eigenvalue weighted by Crippen LogP contribution is -2.30. The Labute approximate surface area is 403 Å². The quantitative estimate of drug-likeness (QED) is 0.0262. The van der Waals surface area contributed by atoms with E-state index >= 15 is 0 Å². The Morgan fingerprint density at radius 2 is 0.554 bits per heavy atom. The first-order valence-electron chi connectivity index (χ1n) is 28.1. The lowest BCUT2D eigenvalue weighted by Gasteiger charge is -2.18. The van der Waals surface area contributed by atoms with Crippen LogP contribution in [0, 0.1) is 0 Å². The Bertz CT molecular complexity index is 1140. The van der Waals surface area contributed by atoms with Gasteiger partial charge < -0.3 is 14.2 Å². The minimum Gasteiger partial charge on any atom is -0.462 e. The van der Waals surface area contributed by atoms with Crippen LogP contribution in [0.15, 0.2) is 48.6 Å². The van der Waals surface area contributed by atoms with E-state index in [4.69, 9.17) is 14.2 Å². The van der Waals surface area contributed by atoms with Crippen LogP contribution in [0.3, 0.4) is 0 Å². The molecule has 0 saturated carbocycles. The van der Waals surface area contributed by atoms with Crippen molar-refractivity contribution in [2.75, 3.05) is 13.2 Å². The van der Waals surface area contributed by atoms with Crippen LogP contribution in [0.25, 0.3) is 0 Å². The Hall–Kier alpha value is -2.63. The summed E-state index contributed by atoms with van der Waals surface area (Å²) in [7, 11) is 0. The van der Waals surface area contributed by atoms with Gasteiger partial charge in [0.25, 0.3) is 0 Å². The number of hydrogen-bond acceptors (Lipinski definition) is 6. The lowest BCUT2D eigenvalue weighted by atomic mass is 10.1. The zero-order valence-corrected chi connectivity index (χ0v) is 43.3. The molecule has 0 spiro atoms. The van der Waals surface area contributed by atoms with Crippen molar-refractivity contribution in [3.63, 3.8) is 0 Å². The monoisotopic (exact) mass is 911 g/mol. The van der Waals surface area contributed by atoms with Crippen LogP contribution in [0.4, 0.5) is 0 Å². The second-order valence-electron chi connectivity index (χ2n) is 18.8. The van der Waals surface area contributed by atoms with Gasteiger partial charge in [0.15, 0.2) is 6.10 Å². The summed E-state index contributed by atoms with van der Waals surface area (Å²) in [5.41, 5.74) is 0. The first-order chi connectivity index (χ1) is 32.0. The number of unbranched alkanes of at least 4 members (excludes halogenated alkanes) is 32. The average molecular weight is 911 g/mol. The van der Waals surface area contributed by atoms with E-state index in [0.29, 0.717) is 19.3 Å². The largest absolute Gasteiger partial charge is 0.462 e. The zero-order valence-electron chi connectivity index (χ0n) is 43.3. The Balaban J connectivity index is 4.33. The third-order valence-corrected chi connectivity index (χ3v) is 12.3. The summed E-state index contributed by atoms with van der Waals surface area (Å²) in [6.45, 7) is 6.60. The predicted molar refractivity (Wildman–Crippen MR) is 279 cm³/mol. The normalized spacial score (nSPS) is 12.4. The molecule has 0 aliphatic carbocycles. The van der Waals surface area contributed by atoms with Crippen LogP contribution in [0.2, 0.25) is 0 Å². The number of hydrogen-bond donors (Lipinski definition) is 0. The molecule has 65 heavy (non-hydrogen) atoms. The molecular formula is C59H106O6. The smallest absolute Gasteiger partial charge is 0.306 e. The molecule has 0 radical (unpaired) electrons. The van der Waals surface area contributed by atoms with Gasteiger partial charge in [0.05, 0.1) is 0 Å². The van der Waals surface area contributed by atoms with Gasteiger partial charge in [0.2, 0.25) is 0 Å². The fourth-order valence-electron chi connectivity index (χ4n) is 8.03. The molecule has 0 fully saturated rings. The van der Waals surface area contributed by atoms with Crippen LogP contribution in [0.5, 0.6) is 0 Å². The standard InChI is InChI=1S/C59H106O6/c1-4-7-10-13-16-19-22-24-26-28-29-31-32-34-37-40-43-46-49-52-58(61)64-55-56(54-63-57(60)51-48-45-42-39-36-21-18-15-12-9-6-3)65-59(62)53-50-47-44-41-38-35-33-30-27-25-23-20-17-14-11-8-5-2/h16-17,19-20,24-27,56H,4-15,18,21-23,28-55H2,1-3H3/b19-16-,20-17-,26-24-,27-25-/t56-/m0/s1. The van der Waals surface area contributed by atoms with Crippen molar-refractivity contribution in [1.29, 1.82) is 0 Å². The van der Waals surface area contributed by atoms with Gasteiger partial charge in [-0.15, -0.1) is 0 Å². The third kappa shape index (κ3) is 52.2. The second-order valence-corrected chi connectivity index (χ2v) is 18.8. The molecule has 1 atom stereocenters. The summed E-state index contributed by atoms with van der Waals surface area (Å²) < 4.78 is 16.8. The molecule has 0 rings (SSSR count). The van der Waals surface area contributed by atoms with Gasteiger partial charge in [-0.25, -0.2) is 0 Å². The predicted octanol–water partition coefficient (Wildman–Crippen LogP) is 18.7. The number of carbonyl (C=O) groups is 3. The van der Waals surface area contributed by atoms with Gasteiger partial charge in [-0.2, -0.15) is 0 Å². The van der Waals surface area contributed by atoms with E-state index in [1.54, 1.807) is 0 Å². The molecule has 6 nitrogen and oxygen atoms in total. The van der Waals surface area contributed by atoms with Gasteiger partial charge in [-0.1, -0.05) is 236 Å². The summed E-state index contributed by atoms with van der Waals surface area (Å²) in [6, 6.07) is 0. The van der Waals surface area contributed by atoms with Gasteiger partial charge >= 0.3 is 17.9 Å². The van der Waals surface area contributed by atoms with Gasteiger partial charge in [-0.05, 0) is 83.5 Å². The van der Waals surface area contributed by atoms with E-state index in [2.05, 4.69) is 69.4 Å². The first kappa shape index (κ1) is 62.4. The van der Waals surface area contributed by atoms with Crippen molar-refractivity contribution in [2.45, 2.75) is 297 Å². The topological polar surface area (TPSA) is 78.9 Å². The van der Waals surface area contributed by atoms with Crippen molar-refractivity contribution in [2.24, 2.45) is 0 Å². The molecule has 0 aromatic rings. The molecule has 6 heteroatoms. The van der Waals surface area contributed by atoms with E-state index in [1.807, 2.05) is 0 Å². The summed E-state index contributed by atoms with van der Waals surface area (Å²) >= 11 is 0. The van der Waals surface area contributed by atoms with E-state index in [-0.39, 0.29) is 31.1 Å². The number of rotatable bonds is 51. The minimum absolute atomic E-state index is 0.0750. The Morgan fingerprint density at radius 3 is 0.877 bits per heavy atom. The summed E-state index contributed by atoms with van der Waals surface area (Å²) in [5, 5.41) is 0. The summed E-state index contributed by atoms with van der Waals surface area (Å²) in [5.74, 6) is -0.876. The number of ether oxygens (including phenoxy) is 3. The summed E-state index contributed by atoms with van der Waals surface area (Å²) in [6.07, 6.45) is 65.2. The molecule has 0 heterocycles. The van der Waals surface area contributed by atoms with Crippen LogP contribution in [-0.2, 0) is 28.6 Å². The lowest BCUT2D eigenvalue weighted by molar-refractivity contribution is -0.167. The fraction of sp³-hybridized carbons (Fsp3) is 0.814. The first-order valence-corrected chi connectivity index (χ1v) is 28.1. The molecule has 0 bridgehead atoms.